The molecule has 3 heterocycles. The molecule has 0 aliphatic carbocycles. The lowest BCUT2D eigenvalue weighted by atomic mass is 10.1. The molecule has 8 nitrogen and oxygen atoms in total. The fraction of sp³-hybridized carbons (Fsp3) is 0.526. The maximum Gasteiger partial charge on any atom is 0.329 e. The zero-order valence-corrected chi connectivity index (χ0v) is 16.0. The van der Waals surface area contributed by atoms with Crippen molar-refractivity contribution in [3.63, 3.8) is 0 Å². The van der Waals surface area contributed by atoms with Crippen molar-refractivity contribution < 1.29 is 0 Å². The molecule has 1 aromatic rings. The van der Waals surface area contributed by atoms with Gasteiger partial charge in [0.15, 0.2) is 0 Å². The lowest BCUT2D eigenvalue weighted by Crippen LogP contribution is -2.34. The van der Waals surface area contributed by atoms with Gasteiger partial charge in [-0.2, -0.15) is 4.98 Å². The second-order valence-electron chi connectivity index (χ2n) is 6.93. The number of nitrogens with zero attached hydrogens (tertiary/aromatic N) is 4. The fourth-order valence-electron chi connectivity index (χ4n) is 3.36. The van der Waals surface area contributed by atoms with Crippen LogP contribution >= 0.6 is 0 Å². The zero-order chi connectivity index (χ0) is 19.6. The van der Waals surface area contributed by atoms with E-state index >= 15 is 0 Å². The number of hydrogen-bond donors (Lipinski definition) is 1. The zero-order valence-electron chi connectivity index (χ0n) is 16.0. The summed E-state index contributed by atoms with van der Waals surface area (Å²) in [4.78, 5) is 48.1. The quantitative estimate of drug-likeness (QED) is 0.505. The number of aromatic amines is 1. The van der Waals surface area contributed by atoms with Gasteiger partial charge < -0.3 is 4.57 Å². The van der Waals surface area contributed by atoms with Crippen molar-refractivity contribution in [1.82, 2.24) is 24.1 Å². The van der Waals surface area contributed by atoms with Crippen LogP contribution in [0.25, 0.3) is 22.4 Å². The molecule has 8 heteroatoms. The number of pyridine rings is 1. The van der Waals surface area contributed by atoms with E-state index in [1.54, 1.807) is 11.5 Å². The van der Waals surface area contributed by atoms with Crippen molar-refractivity contribution in [3.8, 4) is 11.4 Å². The van der Waals surface area contributed by atoms with Crippen LogP contribution in [0.3, 0.4) is 0 Å². The normalized spacial score (nSPS) is 11.5. The van der Waals surface area contributed by atoms with Crippen LogP contribution < -0.4 is 16.8 Å². The van der Waals surface area contributed by atoms with E-state index in [1.165, 1.54) is 32.4 Å². The van der Waals surface area contributed by atoms with Gasteiger partial charge in [-0.15, -0.1) is 0 Å². The Kier molecular flexibility index (Phi) is 5.53. The van der Waals surface area contributed by atoms with Gasteiger partial charge >= 0.3 is 5.69 Å². The first-order valence-electron chi connectivity index (χ1n) is 9.45. The summed E-state index contributed by atoms with van der Waals surface area (Å²) in [5, 5.41) is 0.292. The van der Waals surface area contributed by atoms with Gasteiger partial charge in [-0.3, -0.25) is 19.1 Å². The average Bonchev–Trinajstić information content (AvgIpc) is 2.63. The van der Waals surface area contributed by atoms with Gasteiger partial charge in [0.25, 0.3) is 11.1 Å². The van der Waals surface area contributed by atoms with Crippen molar-refractivity contribution in [2.45, 2.75) is 58.9 Å². The van der Waals surface area contributed by atoms with E-state index in [0.717, 1.165) is 23.8 Å². The van der Waals surface area contributed by atoms with Crippen LogP contribution in [0.2, 0.25) is 0 Å². The number of H-pyrrole nitrogens is 1. The molecule has 1 aromatic heterocycles. The highest BCUT2D eigenvalue weighted by Crippen LogP contribution is 2.22. The van der Waals surface area contributed by atoms with Crippen LogP contribution in [0.5, 0.6) is 0 Å². The average molecular weight is 371 g/mol. The SMILES string of the molecule is CCCCCCCCn1c2nc(C)nc(=O)c-2cc2c(=O)n(C)c(=O)[nH]c21. The Morgan fingerprint density at radius 2 is 1.74 bits per heavy atom. The summed E-state index contributed by atoms with van der Waals surface area (Å²) in [6.45, 7) is 4.41. The molecule has 0 saturated carbocycles. The second-order valence-corrected chi connectivity index (χ2v) is 6.93. The number of aromatic nitrogens is 5. The van der Waals surface area contributed by atoms with Crippen molar-refractivity contribution in [3.05, 3.63) is 43.1 Å². The van der Waals surface area contributed by atoms with Crippen molar-refractivity contribution in [2.24, 2.45) is 7.05 Å². The van der Waals surface area contributed by atoms with E-state index in [-0.39, 0.29) is 0 Å². The van der Waals surface area contributed by atoms with Gasteiger partial charge in [-0.05, 0) is 19.4 Å². The second kappa shape index (κ2) is 7.85. The van der Waals surface area contributed by atoms with Gasteiger partial charge in [0, 0.05) is 13.6 Å². The Hall–Kier alpha value is -2.77. The first-order chi connectivity index (χ1) is 12.9. The lowest BCUT2D eigenvalue weighted by molar-refractivity contribution is 0.560. The highest BCUT2D eigenvalue weighted by molar-refractivity contribution is 5.81. The Labute approximate surface area is 156 Å². The topological polar surface area (TPSA) is 103 Å². The molecule has 0 spiro atoms. The highest BCUT2D eigenvalue weighted by atomic mass is 16.2. The lowest BCUT2D eigenvalue weighted by Gasteiger charge is -2.17. The van der Waals surface area contributed by atoms with E-state index in [4.69, 9.17) is 0 Å². The van der Waals surface area contributed by atoms with Crippen LogP contribution in [0.15, 0.2) is 20.4 Å². The molecule has 3 rings (SSSR count). The van der Waals surface area contributed by atoms with Crippen LogP contribution in [0.1, 0.15) is 51.3 Å². The third-order valence-electron chi connectivity index (χ3n) is 4.87. The predicted octanol–water partition coefficient (Wildman–Crippen LogP) is 1.95. The molecule has 2 aliphatic rings. The molecule has 0 radical (unpaired) electrons. The van der Waals surface area contributed by atoms with Crippen LogP contribution in [0, 0.1) is 6.92 Å². The Bertz CT molecular complexity index is 1110. The van der Waals surface area contributed by atoms with Gasteiger partial charge in [-0.1, -0.05) is 39.0 Å². The number of unbranched alkanes of at least 4 members (excludes halogenated alkanes) is 5. The standard InChI is InChI=1S/C19H25N5O3/c1-4-5-6-7-8-9-10-24-15-13(17(25)21-12(2)20-15)11-14-16(24)22-19(27)23(3)18(14)26/h11H,4-10H2,1-3H3,(H,22,27). The molecule has 0 amide bonds. The van der Waals surface area contributed by atoms with E-state index in [2.05, 4.69) is 21.9 Å². The van der Waals surface area contributed by atoms with E-state index < -0.39 is 16.8 Å². The van der Waals surface area contributed by atoms with Gasteiger partial charge in [0.05, 0.1) is 10.9 Å². The molecular weight excluding hydrogens is 346 g/mol. The molecule has 27 heavy (non-hydrogen) atoms. The summed E-state index contributed by atoms with van der Waals surface area (Å²) >= 11 is 0. The molecular formula is C19H25N5O3. The van der Waals surface area contributed by atoms with Crippen LogP contribution in [0.4, 0.5) is 0 Å². The minimum absolute atomic E-state index is 0.292. The number of rotatable bonds is 7. The molecule has 0 saturated heterocycles. The maximum atomic E-state index is 12.6. The van der Waals surface area contributed by atoms with Crippen LogP contribution in [-0.2, 0) is 13.6 Å². The molecule has 144 valence electrons. The maximum absolute atomic E-state index is 12.6. The number of aryl methyl sites for hydroxylation is 2. The van der Waals surface area contributed by atoms with E-state index in [9.17, 15) is 14.4 Å². The monoisotopic (exact) mass is 371 g/mol. The molecule has 0 atom stereocenters. The number of fused-ring (bicyclic) bond motifs is 2. The van der Waals surface area contributed by atoms with Crippen molar-refractivity contribution in [1.29, 1.82) is 0 Å². The van der Waals surface area contributed by atoms with Gasteiger partial charge in [-0.25, -0.2) is 9.78 Å². The highest BCUT2D eigenvalue weighted by Gasteiger charge is 2.19. The molecule has 0 bridgehead atoms. The van der Waals surface area contributed by atoms with E-state index in [1.807, 2.05) is 0 Å². The number of nitrogens with one attached hydrogen (secondary N) is 1. The third kappa shape index (κ3) is 3.70. The Morgan fingerprint density at radius 3 is 2.48 bits per heavy atom. The summed E-state index contributed by atoms with van der Waals surface area (Å²) in [5.74, 6) is 0.826. The first-order valence-corrected chi connectivity index (χ1v) is 9.45. The van der Waals surface area contributed by atoms with Crippen molar-refractivity contribution in [2.75, 3.05) is 0 Å². The molecule has 2 aliphatic heterocycles. The molecule has 0 unspecified atom stereocenters. The van der Waals surface area contributed by atoms with Crippen molar-refractivity contribution >= 4 is 11.0 Å². The van der Waals surface area contributed by atoms with Crippen LogP contribution in [-0.4, -0.2) is 24.1 Å². The molecule has 1 N–H and O–H groups in total. The summed E-state index contributed by atoms with van der Waals surface area (Å²) < 4.78 is 2.78. The minimum Gasteiger partial charge on any atom is -0.311 e. The summed E-state index contributed by atoms with van der Waals surface area (Å²) in [5.41, 5.74) is -0.641. The third-order valence-corrected chi connectivity index (χ3v) is 4.87. The van der Waals surface area contributed by atoms with E-state index in [0.29, 0.717) is 34.8 Å². The molecule has 0 aromatic carbocycles. The van der Waals surface area contributed by atoms with Gasteiger partial charge in [0.1, 0.15) is 17.3 Å². The minimum atomic E-state index is -0.489. The fourth-order valence-corrected chi connectivity index (χ4v) is 3.36. The Morgan fingerprint density at radius 1 is 1.04 bits per heavy atom. The smallest absolute Gasteiger partial charge is 0.311 e. The largest absolute Gasteiger partial charge is 0.329 e. The van der Waals surface area contributed by atoms with Gasteiger partial charge in [0.2, 0.25) is 0 Å². The summed E-state index contributed by atoms with van der Waals surface area (Å²) in [6.07, 6.45) is 6.65. The first kappa shape index (κ1) is 19.0. The summed E-state index contributed by atoms with van der Waals surface area (Å²) in [7, 11) is 1.41. The number of hydrogen-bond acceptors (Lipinski definition) is 5. The molecule has 0 fully saturated rings. The summed E-state index contributed by atoms with van der Waals surface area (Å²) in [6, 6.07) is 1.49. The predicted molar refractivity (Wildman–Crippen MR) is 104 cm³/mol. The Balaban J connectivity index is 2.13.